The SMILES string of the molecule is CCCCCCCCCCOc1cccc(Cl)c1C(=O)O. The van der Waals surface area contributed by atoms with Gasteiger partial charge in [-0.1, -0.05) is 69.5 Å². The second kappa shape index (κ2) is 10.5. The van der Waals surface area contributed by atoms with E-state index in [4.69, 9.17) is 21.4 Å². The molecule has 0 aromatic heterocycles. The Labute approximate surface area is 132 Å². The normalized spacial score (nSPS) is 10.6. The van der Waals surface area contributed by atoms with Crippen LogP contribution in [0.5, 0.6) is 5.75 Å². The lowest BCUT2D eigenvalue weighted by Crippen LogP contribution is -2.05. The first-order chi connectivity index (χ1) is 10.2. The zero-order valence-electron chi connectivity index (χ0n) is 12.7. The highest BCUT2D eigenvalue weighted by molar-refractivity contribution is 6.33. The molecular formula is C17H25ClO3. The summed E-state index contributed by atoms with van der Waals surface area (Å²) in [4.78, 5) is 11.1. The van der Waals surface area contributed by atoms with Crippen LogP contribution in [0.15, 0.2) is 18.2 Å². The quantitative estimate of drug-likeness (QED) is 0.544. The second-order valence-corrected chi connectivity index (χ2v) is 5.65. The molecule has 0 unspecified atom stereocenters. The van der Waals surface area contributed by atoms with Gasteiger partial charge >= 0.3 is 5.97 Å². The van der Waals surface area contributed by atoms with E-state index in [1.807, 2.05) is 0 Å². The Balaban J connectivity index is 2.21. The average molecular weight is 313 g/mol. The summed E-state index contributed by atoms with van der Waals surface area (Å²) < 4.78 is 5.56. The van der Waals surface area contributed by atoms with Gasteiger partial charge in [-0.15, -0.1) is 0 Å². The Morgan fingerprint density at radius 2 is 1.71 bits per heavy atom. The molecule has 0 aliphatic carbocycles. The van der Waals surface area contributed by atoms with E-state index in [0.717, 1.165) is 12.8 Å². The monoisotopic (exact) mass is 312 g/mol. The molecule has 0 amide bonds. The van der Waals surface area contributed by atoms with Crippen LogP contribution in [0.25, 0.3) is 0 Å². The van der Waals surface area contributed by atoms with E-state index in [9.17, 15) is 4.79 Å². The smallest absolute Gasteiger partial charge is 0.341 e. The highest BCUT2D eigenvalue weighted by Gasteiger charge is 2.15. The summed E-state index contributed by atoms with van der Waals surface area (Å²) in [6.07, 6.45) is 9.80. The van der Waals surface area contributed by atoms with Gasteiger partial charge in [-0.05, 0) is 18.6 Å². The molecule has 0 aliphatic rings. The molecule has 0 heterocycles. The lowest BCUT2D eigenvalue weighted by atomic mass is 10.1. The van der Waals surface area contributed by atoms with Crippen molar-refractivity contribution in [1.82, 2.24) is 0 Å². The van der Waals surface area contributed by atoms with Crippen molar-refractivity contribution in [3.8, 4) is 5.75 Å². The largest absolute Gasteiger partial charge is 0.493 e. The van der Waals surface area contributed by atoms with Gasteiger partial charge in [-0.2, -0.15) is 0 Å². The standard InChI is InChI=1S/C17H25ClO3/c1-2-3-4-5-6-7-8-9-13-21-15-12-10-11-14(18)16(15)17(19)20/h10-12H,2-9,13H2,1H3,(H,19,20). The van der Waals surface area contributed by atoms with Crippen LogP contribution in [-0.4, -0.2) is 17.7 Å². The molecule has 0 fully saturated rings. The fraction of sp³-hybridized carbons (Fsp3) is 0.588. The number of carboxylic acids is 1. The first-order valence-electron chi connectivity index (χ1n) is 7.81. The molecule has 4 heteroatoms. The van der Waals surface area contributed by atoms with Gasteiger partial charge in [0.2, 0.25) is 0 Å². The van der Waals surface area contributed by atoms with Crippen LogP contribution in [0, 0.1) is 0 Å². The van der Waals surface area contributed by atoms with Crippen LogP contribution < -0.4 is 4.74 Å². The highest BCUT2D eigenvalue weighted by atomic mass is 35.5. The highest BCUT2D eigenvalue weighted by Crippen LogP contribution is 2.26. The molecule has 1 aromatic rings. The summed E-state index contributed by atoms with van der Waals surface area (Å²) in [5.74, 6) is -0.690. The van der Waals surface area contributed by atoms with Crippen molar-refractivity contribution in [3.63, 3.8) is 0 Å². The number of ether oxygens (including phenoxy) is 1. The fourth-order valence-electron chi connectivity index (χ4n) is 2.25. The van der Waals surface area contributed by atoms with Crippen LogP contribution in [0.2, 0.25) is 5.02 Å². The van der Waals surface area contributed by atoms with Crippen LogP contribution >= 0.6 is 11.6 Å². The van der Waals surface area contributed by atoms with Crippen molar-refractivity contribution < 1.29 is 14.6 Å². The summed E-state index contributed by atoms with van der Waals surface area (Å²) in [7, 11) is 0. The number of halogens is 1. The summed E-state index contributed by atoms with van der Waals surface area (Å²) in [5.41, 5.74) is 0.0544. The predicted molar refractivity (Wildman–Crippen MR) is 86.5 cm³/mol. The average Bonchev–Trinajstić information content (AvgIpc) is 2.45. The summed E-state index contributed by atoms with van der Waals surface area (Å²) in [6.45, 7) is 2.76. The minimum Gasteiger partial charge on any atom is -0.493 e. The molecule has 0 saturated heterocycles. The number of unbranched alkanes of at least 4 members (excludes halogenated alkanes) is 7. The van der Waals surface area contributed by atoms with Gasteiger partial charge < -0.3 is 9.84 Å². The van der Waals surface area contributed by atoms with Crippen LogP contribution in [0.3, 0.4) is 0 Å². The van der Waals surface area contributed by atoms with E-state index in [-0.39, 0.29) is 10.6 Å². The number of rotatable bonds is 11. The first kappa shape index (κ1) is 17.8. The van der Waals surface area contributed by atoms with E-state index >= 15 is 0 Å². The van der Waals surface area contributed by atoms with Gasteiger partial charge in [0.15, 0.2) is 0 Å². The number of carboxylic acid groups (broad SMARTS) is 1. The zero-order valence-corrected chi connectivity index (χ0v) is 13.5. The summed E-state index contributed by atoms with van der Waals surface area (Å²) >= 11 is 5.89. The molecule has 0 atom stereocenters. The van der Waals surface area contributed by atoms with Crippen LogP contribution in [-0.2, 0) is 0 Å². The molecule has 118 valence electrons. The number of hydrogen-bond acceptors (Lipinski definition) is 2. The minimum atomic E-state index is -1.05. The van der Waals surface area contributed by atoms with E-state index in [0.29, 0.717) is 12.4 Å². The number of carbonyl (C=O) groups is 1. The Bertz CT molecular complexity index is 432. The first-order valence-corrected chi connectivity index (χ1v) is 8.19. The van der Waals surface area contributed by atoms with Crippen molar-refractivity contribution in [2.24, 2.45) is 0 Å². The van der Waals surface area contributed by atoms with Gasteiger partial charge in [0.1, 0.15) is 11.3 Å². The van der Waals surface area contributed by atoms with Gasteiger partial charge in [-0.3, -0.25) is 0 Å². The third-order valence-electron chi connectivity index (χ3n) is 3.44. The maximum atomic E-state index is 11.1. The van der Waals surface area contributed by atoms with Gasteiger partial charge in [0.05, 0.1) is 11.6 Å². The van der Waals surface area contributed by atoms with Crippen molar-refractivity contribution in [3.05, 3.63) is 28.8 Å². The molecule has 0 spiro atoms. The predicted octanol–water partition coefficient (Wildman–Crippen LogP) is 5.56. The Hall–Kier alpha value is -1.22. The lowest BCUT2D eigenvalue weighted by Gasteiger charge is -2.10. The van der Waals surface area contributed by atoms with E-state index in [1.165, 1.54) is 38.5 Å². The van der Waals surface area contributed by atoms with Crippen molar-refractivity contribution in [1.29, 1.82) is 0 Å². The molecule has 0 saturated carbocycles. The maximum Gasteiger partial charge on any atom is 0.341 e. The Morgan fingerprint density at radius 1 is 1.10 bits per heavy atom. The third-order valence-corrected chi connectivity index (χ3v) is 3.76. The van der Waals surface area contributed by atoms with Crippen molar-refractivity contribution in [2.45, 2.75) is 58.3 Å². The van der Waals surface area contributed by atoms with Crippen LogP contribution in [0.4, 0.5) is 0 Å². The van der Waals surface area contributed by atoms with E-state index < -0.39 is 5.97 Å². The molecule has 21 heavy (non-hydrogen) atoms. The maximum absolute atomic E-state index is 11.1. The van der Waals surface area contributed by atoms with E-state index in [2.05, 4.69) is 6.92 Å². The molecule has 1 aromatic carbocycles. The molecule has 0 bridgehead atoms. The van der Waals surface area contributed by atoms with E-state index in [1.54, 1.807) is 18.2 Å². The molecule has 1 N–H and O–H groups in total. The topological polar surface area (TPSA) is 46.5 Å². The van der Waals surface area contributed by atoms with Crippen molar-refractivity contribution in [2.75, 3.05) is 6.61 Å². The van der Waals surface area contributed by atoms with Gasteiger partial charge in [0.25, 0.3) is 0 Å². The number of benzene rings is 1. The fourth-order valence-corrected chi connectivity index (χ4v) is 2.50. The van der Waals surface area contributed by atoms with Crippen LogP contribution in [0.1, 0.15) is 68.6 Å². The number of hydrogen-bond donors (Lipinski definition) is 1. The molecule has 1 rings (SSSR count). The lowest BCUT2D eigenvalue weighted by molar-refractivity contribution is 0.0692. The Morgan fingerprint density at radius 3 is 2.33 bits per heavy atom. The summed E-state index contributed by atoms with van der Waals surface area (Å²) in [6, 6.07) is 4.92. The minimum absolute atomic E-state index is 0.0544. The zero-order chi connectivity index (χ0) is 15.5. The number of aromatic carboxylic acids is 1. The third kappa shape index (κ3) is 6.85. The van der Waals surface area contributed by atoms with Gasteiger partial charge in [-0.25, -0.2) is 4.79 Å². The molecule has 3 nitrogen and oxygen atoms in total. The van der Waals surface area contributed by atoms with Crippen molar-refractivity contribution >= 4 is 17.6 Å². The molecule has 0 radical (unpaired) electrons. The Kier molecular flexibility index (Phi) is 8.91. The second-order valence-electron chi connectivity index (χ2n) is 5.24. The van der Waals surface area contributed by atoms with Gasteiger partial charge in [0, 0.05) is 0 Å². The molecular weight excluding hydrogens is 288 g/mol. The molecule has 0 aliphatic heterocycles. The summed E-state index contributed by atoms with van der Waals surface area (Å²) in [5, 5.41) is 9.34.